The first-order valence-electron chi connectivity index (χ1n) is 10.9. The Morgan fingerprint density at radius 3 is 2.55 bits per heavy atom. The molecule has 1 aliphatic carbocycles. The second-order valence-electron chi connectivity index (χ2n) is 8.59. The number of carbonyl (C=O) groups excluding carboxylic acids is 2. The molecule has 33 heavy (non-hydrogen) atoms. The molecule has 172 valence electrons. The van der Waals surface area contributed by atoms with Gasteiger partial charge in [-0.1, -0.05) is 35.5 Å². The van der Waals surface area contributed by atoms with Gasteiger partial charge in [-0.05, 0) is 43.5 Å². The highest BCUT2D eigenvalue weighted by Gasteiger charge is 2.43. The van der Waals surface area contributed by atoms with Gasteiger partial charge in [-0.3, -0.25) is 9.59 Å². The maximum Gasteiger partial charge on any atom is 0.251 e. The van der Waals surface area contributed by atoms with Crippen molar-refractivity contribution in [3.63, 3.8) is 0 Å². The number of aromatic nitrogens is 2. The Morgan fingerprint density at radius 1 is 1.12 bits per heavy atom. The van der Waals surface area contributed by atoms with Gasteiger partial charge in [0.05, 0.1) is 13.0 Å². The molecule has 2 amide bonds. The number of carbonyl (C=O) groups is 2. The predicted octanol–water partition coefficient (Wildman–Crippen LogP) is 3.43. The normalized spacial score (nSPS) is 19.8. The molecule has 0 bridgehead atoms. The van der Waals surface area contributed by atoms with Gasteiger partial charge >= 0.3 is 0 Å². The monoisotopic (exact) mass is 448 g/mol. The summed E-state index contributed by atoms with van der Waals surface area (Å²) in [6.07, 6.45) is 1.03. The smallest absolute Gasteiger partial charge is 0.251 e. The molecule has 1 aromatic heterocycles. The van der Waals surface area contributed by atoms with E-state index in [9.17, 15) is 9.59 Å². The summed E-state index contributed by atoms with van der Waals surface area (Å²) >= 11 is 0. The Hall–Kier alpha value is -3.68. The van der Waals surface area contributed by atoms with Gasteiger partial charge < -0.3 is 19.5 Å². The second kappa shape index (κ2) is 9.44. The van der Waals surface area contributed by atoms with Gasteiger partial charge in [0, 0.05) is 37.2 Å². The molecule has 1 fully saturated rings. The summed E-state index contributed by atoms with van der Waals surface area (Å²) in [6, 6.07) is 14.6. The highest BCUT2D eigenvalue weighted by molar-refractivity contribution is 5.96. The first-order valence-corrected chi connectivity index (χ1v) is 10.9. The van der Waals surface area contributed by atoms with E-state index >= 15 is 0 Å². The van der Waals surface area contributed by atoms with Crippen molar-refractivity contribution in [1.82, 2.24) is 20.4 Å². The summed E-state index contributed by atoms with van der Waals surface area (Å²) in [7, 11) is 5.07. The van der Waals surface area contributed by atoms with Crippen LogP contribution in [0.2, 0.25) is 0 Å². The Kier molecular flexibility index (Phi) is 6.44. The van der Waals surface area contributed by atoms with Gasteiger partial charge in [0.2, 0.25) is 17.6 Å². The molecular weight excluding hydrogens is 420 g/mol. The van der Waals surface area contributed by atoms with Crippen LogP contribution in [0.25, 0.3) is 11.4 Å². The lowest BCUT2D eigenvalue weighted by Crippen LogP contribution is -2.37. The van der Waals surface area contributed by atoms with Crippen LogP contribution in [0.1, 0.15) is 40.6 Å². The average molecular weight is 449 g/mol. The summed E-state index contributed by atoms with van der Waals surface area (Å²) in [6.45, 7) is 1.87. The second-order valence-corrected chi connectivity index (χ2v) is 8.59. The fraction of sp³-hybridized carbons (Fsp3) is 0.360. The van der Waals surface area contributed by atoms with Crippen LogP contribution in [0, 0.1) is 12.8 Å². The molecule has 0 radical (unpaired) electrons. The number of amides is 2. The van der Waals surface area contributed by atoms with Gasteiger partial charge in [-0.2, -0.15) is 4.98 Å². The number of nitrogens with zero attached hydrogens (tertiary/aromatic N) is 3. The van der Waals surface area contributed by atoms with E-state index in [1.54, 1.807) is 38.2 Å². The van der Waals surface area contributed by atoms with Gasteiger partial charge in [-0.15, -0.1) is 0 Å². The average Bonchev–Trinajstić information content (AvgIpc) is 3.46. The molecule has 4 rings (SSSR count). The number of rotatable bonds is 6. The number of hydrogen-bond donors (Lipinski definition) is 1. The lowest BCUT2D eigenvalue weighted by molar-refractivity contribution is -0.132. The summed E-state index contributed by atoms with van der Waals surface area (Å²) in [5.74, 6) is 0.944. The van der Waals surface area contributed by atoms with Crippen molar-refractivity contribution >= 4 is 11.8 Å². The van der Waals surface area contributed by atoms with Crippen molar-refractivity contribution in [3.05, 3.63) is 65.5 Å². The van der Waals surface area contributed by atoms with Crippen LogP contribution in [0.15, 0.2) is 53.1 Å². The van der Waals surface area contributed by atoms with Crippen molar-refractivity contribution in [2.75, 3.05) is 21.2 Å². The Morgan fingerprint density at radius 2 is 1.88 bits per heavy atom. The number of aryl methyl sites for hydroxylation is 1. The molecule has 3 atom stereocenters. The zero-order valence-electron chi connectivity index (χ0n) is 19.2. The fourth-order valence-electron chi connectivity index (χ4n) is 4.39. The summed E-state index contributed by atoms with van der Waals surface area (Å²) in [4.78, 5) is 32.0. The molecular formula is C25H28N4O4. The van der Waals surface area contributed by atoms with Crippen LogP contribution >= 0.6 is 0 Å². The molecule has 0 aliphatic heterocycles. The zero-order valence-corrected chi connectivity index (χ0v) is 19.2. The predicted molar refractivity (Wildman–Crippen MR) is 123 cm³/mol. The number of benzene rings is 2. The third-order valence-corrected chi connectivity index (χ3v) is 6.14. The molecule has 8 nitrogen and oxygen atoms in total. The van der Waals surface area contributed by atoms with Gasteiger partial charge in [-0.25, -0.2) is 0 Å². The Labute approximate surface area is 192 Å². The molecule has 1 heterocycles. The number of methoxy groups -OCH3 is 1. The largest absolute Gasteiger partial charge is 0.497 e. The van der Waals surface area contributed by atoms with Crippen molar-refractivity contribution in [3.8, 4) is 17.1 Å². The van der Waals surface area contributed by atoms with Crippen LogP contribution in [-0.4, -0.2) is 54.1 Å². The summed E-state index contributed by atoms with van der Waals surface area (Å²) < 4.78 is 10.8. The van der Waals surface area contributed by atoms with Crippen molar-refractivity contribution in [2.24, 2.45) is 5.92 Å². The summed E-state index contributed by atoms with van der Waals surface area (Å²) in [5, 5.41) is 7.25. The zero-order chi connectivity index (χ0) is 23.5. The molecule has 3 aromatic rings. The maximum absolute atomic E-state index is 13.1. The molecule has 1 aliphatic rings. The topological polar surface area (TPSA) is 97.6 Å². The van der Waals surface area contributed by atoms with Crippen LogP contribution in [0.3, 0.4) is 0 Å². The van der Waals surface area contributed by atoms with Gasteiger partial charge in [0.15, 0.2) is 0 Å². The van der Waals surface area contributed by atoms with Crippen LogP contribution in [0.5, 0.6) is 5.75 Å². The molecule has 1 N–H and O–H groups in total. The van der Waals surface area contributed by atoms with E-state index in [2.05, 4.69) is 15.5 Å². The number of ether oxygens (including phenoxy) is 1. The Bertz CT molecular complexity index is 1140. The maximum atomic E-state index is 13.1. The molecule has 0 saturated heterocycles. The quantitative estimate of drug-likeness (QED) is 0.620. The standard InChI is InChI=1S/C25H28N4O4/c1-15-12-18(32-4)10-11-19(15)23(30)26-21-14-17(25(31)29(2)3)13-20(21)24-27-22(28-33-24)16-8-6-5-7-9-16/h5-12,17,20-21H,13-14H2,1-4H3,(H,26,30)/t17-,20-,21+/m1/s1. The summed E-state index contributed by atoms with van der Waals surface area (Å²) in [5.41, 5.74) is 2.22. The molecule has 0 spiro atoms. The van der Waals surface area contributed by atoms with E-state index in [4.69, 9.17) is 9.26 Å². The molecule has 2 aromatic carbocycles. The Balaban J connectivity index is 1.59. The van der Waals surface area contributed by atoms with E-state index in [0.717, 1.165) is 11.1 Å². The highest BCUT2D eigenvalue weighted by Crippen LogP contribution is 2.39. The van der Waals surface area contributed by atoms with E-state index in [-0.39, 0.29) is 29.7 Å². The highest BCUT2D eigenvalue weighted by atomic mass is 16.5. The van der Waals surface area contributed by atoms with Gasteiger partial charge in [0.1, 0.15) is 5.75 Å². The molecule has 8 heteroatoms. The lowest BCUT2D eigenvalue weighted by atomic mass is 10.0. The van der Waals surface area contributed by atoms with Crippen LogP contribution < -0.4 is 10.1 Å². The van der Waals surface area contributed by atoms with Crippen molar-refractivity contribution < 1.29 is 18.8 Å². The number of nitrogens with one attached hydrogen (secondary N) is 1. The van der Waals surface area contributed by atoms with Crippen LogP contribution in [-0.2, 0) is 4.79 Å². The van der Waals surface area contributed by atoms with Crippen LogP contribution in [0.4, 0.5) is 0 Å². The SMILES string of the molecule is COc1ccc(C(=O)N[C@H]2C[C@H](C(=O)N(C)C)C[C@H]2c2nc(-c3ccccc3)no2)c(C)c1. The first-order chi connectivity index (χ1) is 15.9. The molecule has 0 unspecified atom stereocenters. The van der Waals surface area contributed by atoms with E-state index < -0.39 is 0 Å². The van der Waals surface area contributed by atoms with E-state index in [1.165, 1.54) is 0 Å². The minimum absolute atomic E-state index is 0.0279. The first kappa shape index (κ1) is 22.5. The van der Waals surface area contributed by atoms with E-state index in [0.29, 0.717) is 35.9 Å². The van der Waals surface area contributed by atoms with Crippen molar-refractivity contribution in [1.29, 1.82) is 0 Å². The van der Waals surface area contributed by atoms with Crippen molar-refractivity contribution in [2.45, 2.75) is 31.7 Å². The van der Waals surface area contributed by atoms with Gasteiger partial charge in [0.25, 0.3) is 5.91 Å². The minimum Gasteiger partial charge on any atom is -0.497 e. The lowest BCUT2D eigenvalue weighted by Gasteiger charge is -2.19. The molecule has 1 saturated carbocycles. The third kappa shape index (κ3) is 4.74. The minimum atomic E-state index is -0.308. The fourth-order valence-corrected chi connectivity index (χ4v) is 4.39. The number of hydrogen-bond acceptors (Lipinski definition) is 6. The van der Waals surface area contributed by atoms with E-state index in [1.807, 2.05) is 43.3 Å². The third-order valence-electron chi connectivity index (χ3n) is 6.14.